The summed E-state index contributed by atoms with van der Waals surface area (Å²) < 4.78 is 69.5. The van der Waals surface area contributed by atoms with E-state index in [0.29, 0.717) is 23.9 Å². The van der Waals surface area contributed by atoms with Gasteiger partial charge in [-0.05, 0) is 30.3 Å². The molecule has 2 N–H and O–H groups in total. The lowest BCUT2D eigenvalue weighted by atomic mass is 10.2. The van der Waals surface area contributed by atoms with E-state index in [9.17, 15) is 26.7 Å². The number of phenols is 1. The van der Waals surface area contributed by atoms with Gasteiger partial charge < -0.3 is 9.84 Å². The van der Waals surface area contributed by atoms with Gasteiger partial charge in [0, 0.05) is 6.54 Å². The monoisotopic (exact) mass is 361 g/mol. The van der Waals surface area contributed by atoms with Gasteiger partial charge in [0.05, 0.1) is 5.56 Å². The molecule has 0 unspecified atom stereocenters. The van der Waals surface area contributed by atoms with E-state index in [4.69, 9.17) is 4.74 Å². The molecule has 0 spiro atoms. The van der Waals surface area contributed by atoms with E-state index in [-0.39, 0.29) is 13.2 Å². The molecule has 0 aliphatic rings. The summed E-state index contributed by atoms with van der Waals surface area (Å²) in [7, 11) is -4.31. The first-order valence-electron chi connectivity index (χ1n) is 6.78. The smallest absolute Gasteiger partial charge is 0.416 e. The Morgan fingerprint density at radius 2 is 1.75 bits per heavy atom. The van der Waals surface area contributed by atoms with Crippen molar-refractivity contribution in [3.8, 4) is 11.5 Å². The molecule has 0 fully saturated rings. The van der Waals surface area contributed by atoms with Gasteiger partial charge in [-0.2, -0.15) is 13.2 Å². The molecule has 24 heavy (non-hydrogen) atoms. The number of phenolic OH excluding ortho intramolecular Hbond substituents is 1. The zero-order valence-corrected chi connectivity index (χ0v) is 13.1. The molecular weight excluding hydrogens is 347 g/mol. The second kappa shape index (κ2) is 7.10. The van der Waals surface area contributed by atoms with E-state index in [0.717, 1.165) is 0 Å². The highest BCUT2D eigenvalue weighted by Crippen LogP contribution is 2.33. The first-order chi connectivity index (χ1) is 11.2. The summed E-state index contributed by atoms with van der Waals surface area (Å²) in [6, 6.07) is 10.3. The highest BCUT2D eigenvalue weighted by molar-refractivity contribution is 7.89. The maximum atomic E-state index is 12.7. The Hall–Kier alpha value is -2.26. The summed E-state index contributed by atoms with van der Waals surface area (Å²) in [4.78, 5) is -0.836. The van der Waals surface area contributed by atoms with E-state index in [2.05, 4.69) is 4.72 Å². The van der Waals surface area contributed by atoms with Crippen molar-refractivity contribution in [2.24, 2.45) is 0 Å². The molecule has 0 aliphatic heterocycles. The van der Waals surface area contributed by atoms with Gasteiger partial charge in [-0.3, -0.25) is 0 Å². The zero-order valence-electron chi connectivity index (χ0n) is 12.2. The molecule has 0 bridgehead atoms. The molecule has 130 valence electrons. The lowest BCUT2D eigenvalue weighted by Gasteiger charge is -2.12. The molecule has 2 aromatic carbocycles. The molecule has 0 aromatic heterocycles. The van der Waals surface area contributed by atoms with Crippen molar-refractivity contribution in [1.82, 2.24) is 4.72 Å². The first-order valence-corrected chi connectivity index (χ1v) is 8.26. The van der Waals surface area contributed by atoms with Crippen LogP contribution in [0.3, 0.4) is 0 Å². The normalized spacial score (nSPS) is 12.1. The molecule has 0 amide bonds. The molecule has 0 heterocycles. The number of benzene rings is 2. The fraction of sp³-hybridized carbons (Fsp3) is 0.200. The fourth-order valence-electron chi connectivity index (χ4n) is 1.85. The Morgan fingerprint density at radius 1 is 1.08 bits per heavy atom. The molecular formula is C15H14F3NO4S. The number of rotatable bonds is 6. The Labute approximate surface area is 136 Å². The summed E-state index contributed by atoms with van der Waals surface area (Å²) >= 11 is 0. The van der Waals surface area contributed by atoms with Crippen LogP contribution in [0.15, 0.2) is 53.4 Å². The quantitative estimate of drug-likeness (QED) is 0.776. The Kier molecular flexibility index (Phi) is 5.35. The van der Waals surface area contributed by atoms with Crippen LogP contribution in [0.1, 0.15) is 5.56 Å². The van der Waals surface area contributed by atoms with Crippen LogP contribution < -0.4 is 9.46 Å². The maximum Gasteiger partial charge on any atom is 0.416 e. The van der Waals surface area contributed by atoms with Gasteiger partial charge in [-0.15, -0.1) is 0 Å². The minimum atomic E-state index is -4.71. The number of ether oxygens (including phenoxy) is 1. The first kappa shape index (κ1) is 18.1. The third kappa shape index (κ3) is 4.62. The largest absolute Gasteiger partial charge is 0.507 e. The third-order valence-corrected chi connectivity index (χ3v) is 4.47. The number of hydrogen-bond acceptors (Lipinski definition) is 4. The van der Waals surface area contributed by atoms with Gasteiger partial charge in [0.25, 0.3) is 0 Å². The zero-order chi connectivity index (χ0) is 17.8. The standard InChI is InChI=1S/C15H14F3NO4S/c16-15(17,18)11-6-7-13(20)14(10-11)24(21,22)19-8-9-23-12-4-2-1-3-5-12/h1-7,10,19-20H,8-9H2. The van der Waals surface area contributed by atoms with Gasteiger partial charge in [0.15, 0.2) is 0 Å². The molecule has 2 rings (SSSR count). The van der Waals surface area contributed by atoms with E-state index in [1.165, 1.54) is 0 Å². The average molecular weight is 361 g/mol. The Bertz CT molecular complexity index is 792. The SMILES string of the molecule is O=S(=O)(NCCOc1ccccc1)c1cc(C(F)(F)F)ccc1O. The third-order valence-electron chi connectivity index (χ3n) is 2.98. The number of para-hydroxylation sites is 1. The molecule has 5 nitrogen and oxygen atoms in total. The molecule has 2 aromatic rings. The van der Waals surface area contributed by atoms with Gasteiger partial charge >= 0.3 is 6.18 Å². The molecule has 0 radical (unpaired) electrons. The van der Waals surface area contributed by atoms with Crippen LogP contribution >= 0.6 is 0 Å². The number of nitrogens with one attached hydrogen (secondary N) is 1. The van der Waals surface area contributed by atoms with Gasteiger partial charge in [-0.25, -0.2) is 13.1 Å². The molecule has 0 aliphatic carbocycles. The van der Waals surface area contributed by atoms with Crippen LogP contribution in [0.2, 0.25) is 0 Å². The van der Waals surface area contributed by atoms with Crippen LogP contribution in [-0.4, -0.2) is 26.7 Å². The number of aromatic hydroxyl groups is 1. The summed E-state index contributed by atoms with van der Waals surface area (Å²) in [6.07, 6.45) is -4.71. The summed E-state index contributed by atoms with van der Waals surface area (Å²) in [5.74, 6) is -0.238. The van der Waals surface area contributed by atoms with E-state index in [1.807, 2.05) is 0 Å². The van der Waals surface area contributed by atoms with Crippen molar-refractivity contribution in [1.29, 1.82) is 0 Å². The van der Waals surface area contributed by atoms with Crippen molar-refractivity contribution in [2.75, 3.05) is 13.2 Å². The number of halogens is 3. The van der Waals surface area contributed by atoms with Crippen molar-refractivity contribution in [3.05, 3.63) is 54.1 Å². The molecule has 0 atom stereocenters. The molecule has 9 heteroatoms. The van der Waals surface area contributed by atoms with Crippen molar-refractivity contribution >= 4 is 10.0 Å². The van der Waals surface area contributed by atoms with Gasteiger partial charge in [0.1, 0.15) is 23.0 Å². The number of hydrogen-bond donors (Lipinski definition) is 2. The van der Waals surface area contributed by atoms with Crippen molar-refractivity contribution < 1.29 is 31.4 Å². The van der Waals surface area contributed by atoms with Gasteiger partial charge in [0.2, 0.25) is 10.0 Å². The lowest BCUT2D eigenvalue weighted by molar-refractivity contribution is -0.137. The van der Waals surface area contributed by atoms with Crippen LogP contribution in [-0.2, 0) is 16.2 Å². The van der Waals surface area contributed by atoms with Crippen LogP contribution in [0, 0.1) is 0 Å². The van der Waals surface area contributed by atoms with E-state index < -0.39 is 32.4 Å². The fourth-order valence-corrected chi connectivity index (χ4v) is 2.98. The predicted molar refractivity (Wildman–Crippen MR) is 80.2 cm³/mol. The molecule has 0 saturated carbocycles. The number of alkyl halides is 3. The highest BCUT2D eigenvalue weighted by atomic mass is 32.2. The second-order valence-electron chi connectivity index (χ2n) is 4.74. The molecule has 0 saturated heterocycles. The maximum absolute atomic E-state index is 12.7. The van der Waals surface area contributed by atoms with Crippen molar-refractivity contribution in [2.45, 2.75) is 11.1 Å². The topological polar surface area (TPSA) is 75.6 Å². The van der Waals surface area contributed by atoms with Crippen LogP contribution in [0.25, 0.3) is 0 Å². The Balaban J connectivity index is 2.05. The summed E-state index contributed by atoms with van der Waals surface area (Å²) in [6.45, 7) is -0.199. The lowest BCUT2D eigenvalue weighted by Crippen LogP contribution is -2.28. The van der Waals surface area contributed by atoms with Crippen LogP contribution in [0.5, 0.6) is 11.5 Å². The average Bonchev–Trinajstić information content (AvgIpc) is 2.52. The Morgan fingerprint density at radius 3 is 2.38 bits per heavy atom. The highest BCUT2D eigenvalue weighted by Gasteiger charge is 2.32. The minimum Gasteiger partial charge on any atom is -0.507 e. The van der Waals surface area contributed by atoms with E-state index in [1.54, 1.807) is 30.3 Å². The number of sulfonamides is 1. The summed E-state index contributed by atoms with van der Waals surface area (Å²) in [5.41, 5.74) is -1.17. The van der Waals surface area contributed by atoms with Crippen molar-refractivity contribution in [3.63, 3.8) is 0 Å². The minimum absolute atomic E-state index is 0.0248. The van der Waals surface area contributed by atoms with Crippen LogP contribution in [0.4, 0.5) is 13.2 Å². The predicted octanol–water partition coefficient (Wildman–Crippen LogP) is 2.77. The summed E-state index contributed by atoms with van der Waals surface area (Å²) in [5, 5.41) is 9.55. The van der Waals surface area contributed by atoms with Gasteiger partial charge in [-0.1, -0.05) is 18.2 Å². The second-order valence-corrected chi connectivity index (χ2v) is 6.47. The van der Waals surface area contributed by atoms with E-state index >= 15 is 0 Å².